The van der Waals surface area contributed by atoms with E-state index in [0.717, 1.165) is 12.8 Å². The van der Waals surface area contributed by atoms with Gasteiger partial charge in [0.15, 0.2) is 5.78 Å². The van der Waals surface area contributed by atoms with E-state index in [-0.39, 0.29) is 24.2 Å². The minimum Gasteiger partial charge on any atom is -0.507 e. The monoisotopic (exact) mass is 404 g/mol. The van der Waals surface area contributed by atoms with Crippen molar-refractivity contribution in [2.75, 3.05) is 6.61 Å². The second-order valence-corrected chi connectivity index (χ2v) is 7.02. The van der Waals surface area contributed by atoms with Crippen LogP contribution in [0.15, 0.2) is 30.4 Å². The summed E-state index contributed by atoms with van der Waals surface area (Å²) in [5.41, 5.74) is 0.345. The summed E-state index contributed by atoms with van der Waals surface area (Å²) in [5, 5.41) is 30.4. The zero-order valence-electron chi connectivity index (χ0n) is 16.7. The van der Waals surface area contributed by atoms with Gasteiger partial charge in [0.25, 0.3) is 0 Å². The predicted molar refractivity (Wildman–Crippen MR) is 108 cm³/mol. The highest BCUT2D eigenvalue weighted by molar-refractivity contribution is 5.97. The summed E-state index contributed by atoms with van der Waals surface area (Å²) in [6.45, 7) is 4.15. The van der Waals surface area contributed by atoms with Gasteiger partial charge in [-0.1, -0.05) is 31.6 Å². The number of hydrogen-bond donors (Lipinski definition) is 3. The molecule has 158 valence electrons. The largest absolute Gasteiger partial charge is 0.507 e. The third-order valence-corrected chi connectivity index (χ3v) is 4.48. The van der Waals surface area contributed by atoms with Gasteiger partial charge in [-0.2, -0.15) is 0 Å². The van der Waals surface area contributed by atoms with Gasteiger partial charge in [-0.15, -0.1) is 0 Å². The van der Waals surface area contributed by atoms with E-state index in [1.165, 1.54) is 30.4 Å². The smallest absolute Gasteiger partial charge is 0.342 e. The Bertz CT molecular complexity index is 782. The van der Waals surface area contributed by atoms with Gasteiger partial charge in [0.05, 0.1) is 12.7 Å². The number of fused-ring (bicyclic) bond motifs is 1. The summed E-state index contributed by atoms with van der Waals surface area (Å²) < 4.78 is 11.0. The van der Waals surface area contributed by atoms with E-state index >= 15 is 0 Å². The van der Waals surface area contributed by atoms with Crippen LogP contribution in [0.5, 0.6) is 11.5 Å². The van der Waals surface area contributed by atoms with Crippen LogP contribution in [0.1, 0.15) is 55.5 Å². The van der Waals surface area contributed by atoms with E-state index < -0.39 is 30.1 Å². The number of aliphatic hydroxyl groups is 2. The zero-order chi connectivity index (χ0) is 21.4. The average molecular weight is 404 g/mol. The van der Waals surface area contributed by atoms with Crippen LogP contribution < -0.4 is 4.74 Å². The maximum atomic E-state index is 12.6. The van der Waals surface area contributed by atoms with E-state index in [1.54, 1.807) is 13.0 Å². The number of benzene rings is 1. The van der Waals surface area contributed by atoms with Gasteiger partial charge in [0.2, 0.25) is 0 Å². The molecule has 7 nitrogen and oxygen atoms in total. The fraction of sp³-hybridized carbons (Fsp3) is 0.455. The number of phenols is 1. The minimum atomic E-state index is -1.55. The van der Waals surface area contributed by atoms with Crippen LogP contribution in [0.4, 0.5) is 0 Å². The molecule has 1 heterocycles. The van der Waals surface area contributed by atoms with Crippen molar-refractivity contribution in [1.82, 2.24) is 0 Å². The van der Waals surface area contributed by atoms with Crippen LogP contribution in [0.3, 0.4) is 0 Å². The molecule has 1 aliphatic heterocycles. The number of carbonyl (C=O) groups excluding carboxylic acids is 2. The molecule has 0 fully saturated rings. The molecule has 0 bridgehead atoms. The molecule has 29 heavy (non-hydrogen) atoms. The lowest BCUT2D eigenvalue weighted by Crippen LogP contribution is -2.32. The van der Waals surface area contributed by atoms with E-state index in [2.05, 4.69) is 0 Å². The van der Waals surface area contributed by atoms with Crippen molar-refractivity contribution < 1.29 is 34.4 Å². The number of carbonyl (C=O) groups is 2. The molecule has 0 aromatic heterocycles. The molecule has 2 rings (SSSR count). The van der Waals surface area contributed by atoms with Crippen molar-refractivity contribution in [3.8, 4) is 11.5 Å². The Morgan fingerprint density at radius 2 is 1.86 bits per heavy atom. The molecule has 0 amide bonds. The SMILES string of the molecule is CCCCOc1cc(O)c2c(c1)/C=C/C[C@H](O)[C@H](O)C(=O)/C=C\CC(C)OC2=O. The lowest BCUT2D eigenvalue weighted by atomic mass is 10.0. The molecular formula is C22H28O7. The Morgan fingerprint density at radius 3 is 2.59 bits per heavy atom. The number of ketones is 1. The van der Waals surface area contributed by atoms with Gasteiger partial charge in [0.1, 0.15) is 29.3 Å². The molecule has 0 aliphatic carbocycles. The minimum absolute atomic E-state index is 0.0110. The van der Waals surface area contributed by atoms with Crippen molar-refractivity contribution in [3.63, 3.8) is 0 Å². The third kappa shape index (κ3) is 6.44. The normalized spacial score (nSPS) is 25.4. The first kappa shape index (κ1) is 22.6. The van der Waals surface area contributed by atoms with Crippen molar-refractivity contribution in [1.29, 1.82) is 0 Å². The number of aliphatic hydroxyl groups excluding tert-OH is 2. The van der Waals surface area contributed by atoms with Crippen molar-refractivity contribution >= 4 is 17.8 Å². The molecule has 0 radical (unpaired) electrons. The molecule has 3 N–H and O–H groups in total. The van der Waals surface area contributed by atoms with Crippen LogP contribution in [0.2, 0.25) is 0 Å². The number of ether oxygens (including phenoxy) is 2. The number of hydrogen-bond acceptors (Lipinski definition) is 7. The Labute approximate surface area is 170 Å². The maximum Gasteiger partial charge on any atom is 0.342 e. The molecule has 0 saturated carbocycles. The van der Waals surface area contributed by atoms with E-state index in [9.17, 15) is 24.9 Å². The van der Waals surface area contributed by atoms with E-state index in [0.29, 0.717) is 17.9 Å². The highest BCUT2D eigenvalue weighted by Crippen LogP contribution is 2.30. The first-order chi connectivity index (χ1) is 13.8. The molecule has 3 atom stereocenters. The Morgan fingerprint density at radius 1 is 1.14 bits per heavy atom. The topological polar surface area (TPSA) is 113 Å². The Balaban J connectivity index is 2.40. The quantitative estimate of drug-likeness (QED) is 0.522. The Hall–Kier alpha value is -2.64. The average Bonchev–Trinajstić information content (AvgIpc) is 2.66. The highest BCUT2D eigenvalue weighted by Gasteiger charge is 2.23. The van der Waals surface area contributed by atoms with Crippen LogP contribution in [-0.4, -0.2) is 52.0 Å². The molecule has 1 aromatic carbocycles. The zero-order valence-corrected chi connectivity index (χ0v) is 16.7. The summed E-state index contributed by atoms with van der Waals surface area (Å²) >= 11 is 0. The number of phenolic OH excluding ortho intramolecular Hbond substituents is 1. The van der Waals surface area contributed by atoms with Crippen molar-refractivity contribution in [2.45, 2.75) is 57.8 Å². The van der Waals surface area contributed by atoms with E-state index in [1.807, 2.05) is 6.92 Å². The summed E-state index contributed by atoms with van der Waals surface area (Å²) in [6, 6.07) is 2.97. The standard InChI is InChI=1S/C22H28O7/c1-3-4-11-28-16-12-15-8-6-10-18(24)21(26)17(23)9-5-7-14(2)29-22(27)20(15)19(25)13-16/h5-6,8-9,12-14,18,21,24-26H,3-4,7,10-11H2,1-2H3/b8-6+,9-5-/t14?,18-,21+/m0/s1. The second kappa shape index (κ2) is 10.8. The molecule has 1 unspecified atom stereocenters. The van der Waals surface area contributed by atoms with Gasteiger partial charge in [0, 0.05) is 12.5 Å². The number of rotatable bonds is 4. The molecule has 1 aliphatic rings. The number of aromatic hydroxyl groups is 1. The fourth-order valence-electron chi connectivity index (χ4n) is 2.81. The molecule has 0 spiro atoms. The first-order valence-corrected chi connectivity index (χ1v) is 9.77. The van der Waals surface area contributed by atoms with Crippen LogP contribution in [-0.2, 0) is 9.53 Å². The predicted octanol–water partition coefficient (Wildman–Crippen LogP) is 2.77. The van der Waals surface area contributed by atoms with Gasteiger partial charge in [-0.25, -0.2) is 4.79 Å². The molecule has 7 heteroatoms. The summed E-state index contributed by atoms with van der Waals surface area (Å²) in [6.07, 6.45) is 4.29. The van der Waals surface area contributed by atoms with Crippen LogP contribution >= 0.6 is 0 Å². The molecule has 0 saturated heterocycles. The summed E-state index contributed by atoms with van der Waals surface area (Å²) in [7, 11) is 0. The number of cyclic esters (lactones) is 1. The first-order valence-electron chi connectivity index (χ1n) is 9.77. The van der Waals surface area contributed by atoms with Gasteiger partial charge >= 0.3 is 5.97 Å². The summed E-state index contributed by atoms with van der Waals surface area (Å²) in [5.74, 6) is -1.19. The van der Waals surface area contributed by atoms with Crippen molar-refractivity contribution in [3.05, 3.63) is 41.5 Å². The van der Waals surface area contributed by atoms with Gasteiger partial charge < -0.3 is 24.8 Å². The second-order valence-electron chi connectivity index (χ2n) is 7.02. The van der Waals surface area contributed by atoms with Crippen LogP contribution in [0.25, 0.3) is 6.08 Å². The van der Waals surface area contributed by atoms with Crippen molar-refractivity contribution in [2.24, 2.45) is 0 Å². The summed E-state index contributed by atoms with van der Waals surface area (Å²) in [4.78, 5) is 24.5. The highest BCUT2D eigenvalue weighted by atomic mass is 16.5. The molecular weight excluding hydrogens is 376 g/mol. The van der Waals surface area contributed by atoms with Crippen LogP contribution in [0, 0.1) is 0 Å². The molecule has 1 aromatic rings. The number of unbranched alkanes of at least 4 members (excludes halogenated alkanes) is 1. The van der Waals surface area contributed by atoms with Gasteiger partial charge in [-0.05, 0) is 37.5 Å². The Kier molecular flexibility index (Phi) is 8.42. The third-order valence-electron chi connectivity index (χ3n) is 4.48. The lowest BCUT2D eigenvalue weighted by molar-refractivity contribution is -0.127. The van der Waals surface area contributed by atoms with Gasteiger partial charge in [-0.3, -0.25) is 4.79 Å². The van der Waals surface area contributed by atoms with E-state index in [4.69, 9.17) is 9.47 Å². The number of esters is 1. The maximum absolute atomic E-state index is 12.6. The lowest BCUT2D eigenvalue weighted by Gasteiger charge is -2.17. The fourth-order valence-corrected chi connectivity index (χ4v) is 2.81.